The minimum atomic E-state index is -0.474. The van der Waals surface area contributed by atoms with E-state index >= 15 is 0 Å². The zero-order chi connectivity index (χ0) is 17.0. The van der Waals surface area contributed by atoms with Gasteiger partial charge in [0.15, 0.2) is 6.61 Å². The molecule has 0 aromatic heterocycles. The second-order valence-electron chi connectivity index (χ2n) is 5.26. The van der Waals surface area contributed by atoms with Crippen molar-refractivity contribution in [2.75, 3.05) is 11.9 Å². The Morgan fingerprint density at radius 2 is 1.74 bits per heavy atom. The van der Waals surface area contributed by atoms with Crippen molar-refractivity contribution in [1.29, 1.82) is 0 Å². The Morgan fingerprint density at radius 1 is 1.13 bits per heavy atom. The summed E-state index contributed by atoms with van der Waals surface area (Å²) in [4.78, 5) is 22.5. The van der Waals surface area contributed by atoms with E-state index in [9.17, 15) is 14.9 Å². The van der Waals surface area contributed by atoms with Crippen LogP contribution in [0.25, 0.3) is 0 Å². The van der Waals surface area contributed by atoms with Crippen LogP contribution in [0.5, 0.6) is 5.75 Å². The normalized spacial score (nSPS) is 10.2. The molecular formula is C17H18N2O4. The van der Waals surface area contributed by atoms with E-state index in [4.69, 9.17) is 4.74 Å². The molecule has 0 aliphatic carbocycles. The molecule has 0 atom stereocenters. The van der Waals surface area contributed by atoms with E-state index < -0.39 is 4.92 Å². The number of nitrogens with one attached hydrogen (secondary N) is 1. The molecular weight excluding hydrogens is 296 g/mol. The summed E-state index contributed by atoms with van der Waals surface area (Å²) in [5.41, 5.74) is 2.69. The fourth-order valence-corrected chi connectivity index (χ4v) is 2.31. The number of carbonyl (C=O) groups is 1. The lowest BCUT2D eigenvalue weighted by atomic mass is 10.1. The van der Waals surface area contributed by atoms with E-state index in [0.717, 1.165) is 11.1 Å². The molecule has 0 fully saturated rings. The molecule has 0 spiro atoms. The molecule has 2 rings (SSSR count). The van der Waals surface area contributed by atoms with E-state index in [1.165, 1.54) is 12.1 Å². The SMILES string of the molecule is Cc1cccc(C)c1OCC(=O)Nc1cccc([N+](=O)[O-])c1C. The van der Waals surface area contributed by atoms with Crippen molar-refractivity contribution >= 4 is 17.3 Å². The number of hydrogen-bond acceptors (Lipinski definition) is 4. The highest BCUT2D eigenvalue weighted by atomic mass is 16.6. The third-order valence-electron chi connectivity index (χ3n) is 3.53. The quantitative estimate of drug-likeness (QED) is 0.676. The fraction of sp³-hybridized carbons (Fsp3) is 0.235. The summed E-state index contributed by atoms with van der Waals surface area (Å²) in [6.45, 7) is 5.25. The molecule has 0 bridgehead atoms. The molecule has 0 unspecified atom stereocenters. The summed E-state index contributed by atoms with van der Waals surface area (Å²) in [5, 5.41) is 13.6. The lowest BCUT2D eigenvalue weighted by Gasteiger charge is -2.12. The van der Waals surface area contributed by atoms with Crippen molar-refractivity contribution < 1.29 is 14.5 Å². The highest BCUT2D eigenvalue weighted by Gasteiger charge is 2.15. The number of anilines is 1. The smallest absolute Gasteiger partial charge is 0.274 e. The Hall–Kier alpha value is -2.89. The number of ether oxygens (including phenoxy) is 1. The molecule has 23 heavy (non-hydrogen) atoms. The van der Waals surface area contributed by atoms with Gasteiger partial charge in [-0.05, 0) is 38.0 Å². The van der Waals surface area contributed by atoms with Crippen LogP contribution in [0, 0.1) is 30.9 Å². The van der Waals surface area contributed by atoms with E-state index in [1.807, 2.05) is 32.0 Å². The first-order valence-corrected chi connectivity index (χ1v) is 7.13. The maximum atomic E-state index is 12.0. The van der Waals surface area contributed by atoms with E-state index in [2.05, 4.69) is 5.32 Å². The molecule has 6 heteroatoms. The first kappa shape index (κ1) is 16.5. The van der Waals surface area contributed by atoms with Gasteiger partial charge in [-0.15, -0.1) is 0 Å². The zero-order valence-corrected chi connectivity index (χ0v) is 13.3. The van der Waals surface area contributed by atoms with Crippen LogP contribution in [0.4, 0.5) is 11.4 Å². The molecule has 0 saturated carbocycles. The van der Waals surface area contributed by atoms with Crippen LogP contribution in [0.2, 0.25) is 0 Å². The number of nitro benzene ring substituents is 1. The molecule has 0 heterocycles. The maximum absolute atomic E-state index is 12.0. The molecule has 0 aliphatic heterocycles. The highest BCUT2D eigenvalue weighted by molar-refractivity contribution is 5.93. The van der Waals surface area contributed by atoms with E-state index in [1.54, 1.807) is 13.0 Å². The predicted octanol–water partition coefficient (Wildman–Crippen LogP) is 3.54. The van der Waals surface area contributed by atoms with Gasteiger partial charge in [-0.25, -0.2) is 0 Å². The van der Waals surface area contributed by atoms with Gasteiger partial charge in [-0.1, -0.05) is 24.3 Å². The van der Waals surface area contributed by atoms with Gasteiger partial charge in [-0.3, -0.25) is 14.9 Å². The number of nitro groups is 1. The molecule has 2 aromatic carbocycles. The summed E-state index contributed by atoms with van der Waals surface area (Å²) in [6, 6.07) is 10.3. The van der Waals surface area contributed by atoms with Crippen molar-refractivity contribution in [1.82, 2.24) is 0 Å². The van der Waals surface area contributed by atoms with E-state index in [-0.39, 0.29) is 18.2 Å². The predicted molar refractivity (Wildman–Crippen MR) is 87.9 cm³/mol. The van der Waals surface area contributed by atoms with Gasteiger partial charge in [-0.2, -0.15) is 0 Å². The number of nitrogens with zero attached hydrogens (tertiary/aromatic N) is 1. The average molecular weight is 314 g/mol. The summed E-state index contributed by atoms with van der Waals surface area (Å²) >= 11 is 0. The van der Waals surface area contributed by atoms with Crippen molar-refractivity contribution in [3.8, 4) is 5.75 Å². The van der Waals surface area contributed by atoms with Crippen LogP contribution in [0.1, 0.15) is 16.7 Å². The van der Waals surface area contributed by atoms with Crippen LogP contribution in [0.3, 0.4) is 0 Å². The van der Waals surface area contributed by atoms with Crippen LogP contribution >= 0.6 is 0 Å². The van der Waals surface area contributed by atoms with Crippen molar-refractivity contribution in [3.05, 3.63) is 63.2 Å². The Labute approximate surface area is 134 Å². The fourth-order valence-electron chi connectivity index (χ4n) is 2.31. The van der Waals surface area contributed by atoms with Gasteiger partial charge in [0.2, 0.25) is 0 Å². The maximum Gasteiger partial charge on any atom is 0.274 e. The van der Waals surface area contributed by atoms with Crippen LogP contribution in [0.15, 0.2) is 36.4 Å². The number of benzene rings is 2. The Morgan fingerprint density at radius 3 is 2.35 bits per heavy atom. The lowest BCUT2D eigenvalue weighted by Crippen LogP contribution is -2.21. The lowest BCUT2D eigenvalue weighted by molar-refractivity contribution is -0.385. The largest absolute Gasteiger partial charge is 0.483 e. The summed E-state index contributed by atoms with van der Waals surface area (Å²) in [5.74, 6) is 0.315. The average Bonchev–Trinajstić information content (AvgIpc) is 2.48. The summed E-state index contributed by atoms with van der Waals surface area (Å²) in [6.07, 6.45) is 0. The molecule has 1 N–H and O–H groups in total. The zero-order valence-electron chi connectivity index (χ0n) is 13.3. The molecule has 2 aromatic rings. The van der Waals surface area contributed by atoms with Gasteiger partial charge in [0.25, 0.3) is 11.6 Å². The topological polar surface area (TPSA) is 81.5 Å². The van der Waals surface area contributed by atoms with Gasteiger partial charge < -0.3 is 10.1 Å². The third kappa shape index (κ3) is 3.85. The second-order valence-corrected chi connectivity index (χ2v) is 5.26. The standard InChI is InChI=1S/C17H18N2O4/c1-11-6-4-7-12(2)17(11)23-10-16(20)18-14-8-5-9-15(13(14)3)19(21)22/h4-9H,10H2,1-3H3,(H,18,20). The van der Waals surface area contributed by atoms with Gasteiger partial charge in [0.05, 0.1) is 16.2 Å². The van der Waals surface area contributed by atoms with E-state index in [0.29, 0.717) is 17.0 Å². The Balaban J connectivity index is 2.06. The first-order valence-electron chi connectivity index (χ1n) is 7.13. The number of para-hydroxylation sites is 1. The van der Waals surface area contributed by atoms with Crippen LogP contribution in [-0.2, 0) is 4.79 Å². The molecule has 0 radical (unpaired) electrons. The van der Waals surface area contributed by atoms with Crippen molar-refractivity contribution in [2.24, 2.45) is 0 Å². The molecule has 6 nitrogen and oxygen atoms in total. The Kier molecular flexibility index (Phi) is 4.95. The van der Waals surface area contributed by atoms with Crippen LogP contribution < -0.4 is 10.1 Å². The van der Waals surface area contributed by atoms with Gasteiger partial charge >= 0.3 is 0 Å². The highest BCUT2D eigenvalue weighted by Crippen LogP contribution is 2.25. The van der Waals surface area contributed by atoms with Crippen molar-refractivity contribution in [2.45, 2.75) is 20.8 Å². The van der Waals surface area contributed by atoms with Crippen LogP contribution in [-0.4, -0.2) is 17.4 Å². The molecule has 120 valence electrons. The minimum absolute atomic E-state index is 0.0292. The number of rotatable bonds is 5. The van der Waals surface area contributed by atoms with Crippen molar-refractivity contribution in [3.63, 3.8) is 0 Å². The Bertz CT molecular complexity index is 736. The molecule has 0 saturated heterocycles. The second kappa shape index (κ2) is 6.91. The number of carbonyl (C=O) groups excluding carboxylic acids is 1. The third-order valence-corrected chi connectivity index (χ3v) is 3.53. The first-order chi connectivity index (χ1) is 10.9. The minimum Gasteiger partial charge on any atom is -0.483 e. The summed E-state index contributed by atoms with van der Waals surface area (Å²) in [7, 11) is 0. The van der Waals surface area contributed by atoms with Gasteiger partial charge in [0, 0.05) is 6.07 Å². The summed E-state index contributed by atoms with van der Waals surface area (Å²) < 4.78 is 5.57. The monoisotopic (exact) mass is 314 g/mol. The van der Waals surface area contributed by atoms with Gasteiger partial charge in [0.1, 0.15) is 5.75 Å². The number of hydrogen-bond donors (Lipinski definition) is 1. The molecule has 0 aliphatic rings. The number of aryl methyl sites for hydroxylation is 2. The number of amides is 1. The molecule has 1 amide bonds.